The third kappa shape index (κ3) is 2.81. The minimum Gasteiger partial charge on any atom is -0.366 e. The molecular formula is C12H17N5. The van der Waals surface area contributed by atoms with Crippen molar-refractivity contribution in [3.8, 4) is 0 Å². The molecule has 2 aromatic heterocycles. The molecule has 1 N–H and O–H groups in total. The normalized spacial score (nSPS) is 10.6. The Bertz CT molecular complexity index is 509. The van der Waals surface area contributed by atoms with E-state index in [2.05, 4.69) is 20.4 Å². The first-order valence-electron chi connectivity index (χ1n) is 5.60. The fourth-order valence-corrected chi connectivity index (χ4v) is 1.82. The van der Waals surface area contributed by atoms with E-state index in [1.165, 1.54) is 5.56 Å². The van der Waals surface area contributed by atoms with Crippen molar-refractivity contribution < 1.29 is 0 Å². The molecule has 0 aliphatic heterocycles. The zero-order valence-electron chi connectivity index (χ0n) is 10.7. The first-order valence-corrected chi connectivity index (χ1v) is 5.60. The molecule has 0 aliphatic carbocycles. The summed E-state index contributed by atoms with van der Waals surface area (Å²) in [6.45, 7) is 6.60. The maximum Gasteiger partial charge on any atom is 0.130 e. The van der Waals surface area contributed by atoms with Gasteiger partial charge >= 0.3 is 0 Å². The van der Waals surface area contributed by atoms with E-state index in [1.807, 2.05) is 44.8 Å². The molecule has 0 bridgehead atoms. The predicted octanol–water partition coefficient (Wildman–Crippen LogP) is 1.75. The van der Waals surface area contributed by atoms with E-state index in [4.69, 9.17) is 0 Å². The van der Waals surface area contributed by atoms with Gasteiger partial charge in [0.05, 0.1) is 5.69 Å². The topological polar surface area (TPSA) is 55.6 Å². The van der Waals surface area contributed by atoms with Crippen molar-refractivity contribution in [1.29, 1.82) is 0 Å². The first-order chi connectivity index (χ1) is 8.04. The minimum absolute atomic E-state index is 0.732. The minimum atomic E-state index is 0.732. The average molecular weight is 231 g/mol. The summed E-state index contributed by atoms with van der Waals surface area (Å²) in [5, 5.41) is 7.59. The number of hydrogen-bond donors (Lipinski definition) is 1. The van der Waals surface area contributed by atoms with Gasteiger partial charge in [-0.15, -0.1) is 0 Å². The van der Waals surface area contributed by atoms with Crippen molar-refractivity contribution >= 4 is 5.82 Å². The molecule has 0 saturated carbocycles. The SMILES string of the molecule is Cc1cc(NCc2cn(C)nc2C)nc(C)n1. The van der Waals surface area contributed by atoms with Crippen LogP contribution in [0.3, 0.4) is 0 Å². The Hall–Kier alpha value is -1.91. The van der Waals surface area contributed by atoms with Crippen molar-refractivity contribution in [2.24, 2.45) is 7.05 Å². The Labute approximate surface area is 101 Å². The van der Waals surface area contributed by atoms with Gasteiger partial charge in [0, 0.05) is 37.1 Å². The third-order valence-corrected chi connectivity index (χ3v) is 2.54. The highest BCUT2D eigenvalue weighted by Gasteiger charge is 2.04. The van der Waals surface area contributed by atoms with Crippen LogP contribution in [0.1, 0.15) is 22.8 Å². The largest absolute Gasteiger partial charge is 0.366 e. The Morgan fingerprint density at radius 3 is 2.59 bits per heavy atom. The lowest BCUT2D eigenvalue weighted by molar-refractivity contribution is 0.756. The Balaban J connectivity index is 2.09. The molecule has 0 amide bonds. The van der Waals surface area contributed by atoms with Crippen LogP contribution in [-0.2, 0) is 13.6 Å². The first kappa shape index (κ1) is 11.6. The van der Waals surface area contributed by atoms with E-state index in [1.54, 1.807) is 0 Å². The van der Waals surface area contributed by atoms with Gasteiger partial charge in [0.2, 0.25) is 0 Å². The molecule has 0 radical (unpaired) electrons. The molecule has 90 valence electrons. The smallest absolute Gasteiger partial charge is 0.130 e. The number of nitrogens with one attached hydrogen (secondary N) is 1. The van der Waals surface area contributed by atoms with Gasteiger partial charge in [-0.1, -0.05) is 0 Å². The maximum atomic E-state index is 4.34. The van der Waals surface area contributed by atoms with Gasteiger partial charge in [0.15, 0.2) is 0 Å². The number of aryl methyl sites for hydroxylation is 4. The summed E-state index contributed by atoms with van der Waals surface area (Å²) in [4.78, 5) is 8.58. The second kappa shape index (κ2) is 4.53. The van der Waals surface area contributed by atoms with Crippen LogP contribution in [0.25, 0.3) is 0 Å². The average Bonchev–Trinajstić information content (AvgIpc) is 2.53. The zero-order chi connectivity index (χ0) is 12.4. The van der Waals surface area contributed by atoms with Crippen LogP contribution < -0.4 is 5.32 Å². The van der Waals surface area contributed by atoms with E-state index >= 15 is 0 Å². The summed E-state index contributed by atoms with van der Waals surface area (Å²) in [7, 11) is 1.93. The van der Waals surface area contributed by atoms with E-state index in [9.17, 15) is 0 Å². The van der Waals surface area contributed by atoms with Crippen LogP contribution in [0.4, 0.5) is 5.82 Å². The second-order valence-electron chi connectivity index (χ2n) is 4.21. The van der Waals surface area contributed by atoms with Crippen molar-refractivity contribution in [1.82, 2.24) is 19.7 Å². The van der Waals surface area contributed by atoms with E-state index < -0.39 is 0 Å². The quantitative estimate of drug-likeness (QED) is 0.874. The summed E-state index contributed by atoms with van der Waals surface area (Å²) in [6, 6.07) is 1.94. The van der Waals surface area contributed by atoms with E-state index in [0.29, 0.717) is 0 Å². The summed E-state index contributed by atoms with van der Waals surface area (Å²) in [5.74, 6) is 1.65. The number of anilines is 1. The molecule has 2 rings (SSSR count). The molecule has 0 atom stereocenters. The van der Waals surface area contributed by atoms with Crippen LogP contribution in [0.5, 0.6) is 0 Å². The molecule has 0 spiro atoms. The summed E-state index contributed by atoms with van der Waals surface area (Å²) < 4.78 is 1.82. The van der Waals surface area contributed by atoms with Crippen LogP contribution in [0.15, 0.2) is 12.3 Å². The number of rotatable bonds is 3. The Morgan fingerprint density at radius 2 is 2.00 bits per heavy atom. The Kier molecular flexibility index (Phi) is 3.08. The van der Waals surface area contributed by atoms with Crippen molar-refractivity contribution in [3.63, 3.8) is 0 Å². The van der Waals surface area contributed by atoms with Crippen LogP contribution >= 0.6 is 0 Å². The van der Waals surface area contributed by atoms with Crippen LogP contribution in [0, 0.1) is 20.8 Å². The van der Waals surface area contributed by atoms with Gasteiger partial charge in [0.25, 0.3) is 0 Å². The standard InChI is InChI=1S/C12H17N5/c1-8-5-12(15-10(3)14-8)13-6-11-7-17(4)16-9(11)2/h5,7H,6H2,1-4H3,(H,13,14,15). The van der Waals surface area contributed by atoms with Gasteiger partial charge in [-0.25, -0.2) is 9.97 Å². The lowest BCUT2D eigenvalue weighted by atomic mass is 10.2. The zero-order valence-corrected chi connectivity index (χ0v) is 10.7. The van der Waals surface area contributed by atoms with Crippen molar-refractivity contribution in [2.75, 3.05) is 5.32 Å². The van der Waals surface area contributed by atoms with Gasteiger partial charge in [-0.05, 0) is 20.8 Å². The second-order valence-corrected chi connectivity index (χ2v) is 4.21. The van der Waals surface area contributed by atoms with Crippen LogP contribution in [0.2, 0.25) is 0 Å². The van der Waals surface area contributed by atoms with Gasteiger partial charge in [0.1, 0.15) is 11.6 Å². The van der Waals surface area contributed by atoms with E-state index in [-0.39, 0.29) is 0 Å². The Morgan fingerprint density at radius 1 is 1.24 bits per heavy atom. The summed E-state index contributed by atoms with van der Waals surface area (Å²) >= 11 is 0. The highest BCUT2D eigenvalue weighted by atomic mass is 15.3. The fourth-order valence-electron chi connectivity index (χ4n) is 1.82. The molecule has 2 heterocycles. The third-order valence-electron chi connectivity index (χ3n) is 2.54. The number of aromatic nitrogens is 4. The van der Waals surface area contributed by atoms with Gasteiger partial charge in [-0.3, -0.25) is 4.68 Å². The van der Waals surface area contributed by atoms with Crippen molar-refractivity contribution in [3.05, 3.63) is 35.0 Å². The predicted molar refractivity (Wildman–Crippen MR) is 66.8 cm³/mol. The summed E-state index contributed by atoms with van der Waals surface area (Å²) in [5.41, 5.74) is 3.20. The highest BCUT2D eigenvalue weighted by molar-refractivity contribution is 5.37. The molecule has 5 nitrogen and oxygen atoms in total. The molecule has 0 saturated heterocycles. The molecule has 0 aromatic carbocycles. The van der Waals surface area contributed by atoms with Crippen LogP contribution in [-0.4, -0.2) is 19.7 Å². The van der Waals surface area contributed by atoms with Gasteiger partial charge in [-0.2, -0.15) is 5.10 Å². The molecule has 0 unspecified atom stereocenters. The fraction of sp³-hybridized carbons (Fsp3) is 0.417. The monoisotopic (exact) mass is 231 g/mol. The lowest BCUT2D eigenvalue weighted by Gasteiger charge is -2.06. The van der Waals surface area contributed by atoms with Crippen molar-refractivity contribution in [2.45, 2.75) is 27.3 Å². The van der Waals surface area contributed by atoms with Gasteiger partial charge < -0.3 is 5.32 Å². The maximum absolute atomic E-state index is 4.34. The number of hydrogen-bond acceptors (Lipinski definition) is 4. The molecule has 2 aromatic rings. The molecule has 5 heteroatoms. The number of nitrogens with zero attached hydrogens (tertiary/aromatic N) is 4. The lowest BCUT2D eigenvalue weighted by Crippen LogP contribution is -2.04. The molecule has 0 fully saturated rings. The molecular weight excluding hydrogens is 214 g/mol. The summed E-state index contributed by atoms with van der Waals surface area (Å²) in [6.07, 6.45) is 2.02. The molecule has 17 heavy (non-hydrogen) atoms. The van der Waals surface area contributed by atoms with E-state index in [0.717, 1.165) is 29.6 Å². The highest BCUT2D eigenvalue weighted by Crippen LogP contribution is 2.10. The molecule has 0 aliphatic rings.